The molecule has 4 aliphatic rings. The van der Waals surface area contributed by atoms with Gasteiger partial charge < -0.3 is 4.90 Å². The molecule has 21 heavy (non-hydrogen) atoms. The molecule has 4 nitrogen and oxygen atoms in total. The van der Waals surface area contributed by atoms with Crippen molar-refractivity contribution in [2.45, 2.75) is 88.5 Å². The van der Waals surface area contributed by atoms with Crippen molar-refractivity contribution in [1.29, 1.82) is 0 Å². The molecule has 1 amide bonds. The van der Waals surface area contributed by atoms with Crippen LogP contribution >= 0.6 is 0 Å². The van der Waals surface area contributed by atoms with Gasteiger partial charge in [-0.15, -0.1) is 0 Å². The van der Waals surface area contributed by atoms with Crippen LogP contribution in [0.25, 0.3) is 0 Å². The third-order valence-electron chi connectivity index (χ3n) is 6.44. The third kappa shape index (κ3) is 2.06. The van der Waals surface area contributed by atoms with Crippen LogP contribution in [0.5, 0.6) is 0 Å². The first-order valence-corrected chi connectivity index (χ1v) is 9.10. The van der Waals surface area contributed by atoms with E-state index in [1.807, 2.05) is 0 Å². The van der Waals surface area contributed by atoms with E-state index in [-0.39, 0.29) is 11.7 Å². The summed E-state index contributed by atoms with van der Waals surface area (Å²) >= 11 is 0. The van der Waals surface area contributed by atoms with Crippen molar-refractivity contribution < 1.29 is 4.79 Å². The lowest BCUT2D eigenvalue weighted by Crippen LogP contribution is -2.52. The van der Waals surface area contributed by atoms with E-state index in [1.165, 1.54) is 51.6 Å². The molecule has 4 heteroatoms. The van der Waals surface area contributed by atoms with Gasteiger partial charge in [0.2, 0.25) is 5.91 Å². The Kier molecular flexibility index (Phi) is 3.49. The van der Waals surface area contributed by atoms with E-state index < -0.39 is 0 Å². The molecular weight excluding hydrogens is 262 g/mol. The summed E-state index contributed by atoms with van der Waals surface area (Å²) in [5.74, 6) is 0.435. The quantitative estimate of drug-likeness (QED) is 0.846. The molecular formula is C17H29N3O. The molecule has 3 heterocycles. The largest absolute Gasteiger partial charge is 0.321 e. The minimum Gasteiger partial charge on any atom is -0.321 e. The minimum absolute atomic E-state index is 0.192. The second-order valence-electron chi connectivity index (χ2n) is 7.53. The van der Waals surface area contributed by atoms with Gasteiger partial charge in [-0.1, -0.05) is 26.2 Å². The number of rotatable bonds is 2. The van der Waals surface area contributed by atoms with Crippen molar-refractivity contribution in [3.8, 4) is 0 Å². The van der Waals surface area contributed by atoms with Crippen LogP contribution in [0.2, 0.25) is 0 Å². The third-order valence-corrected chi connectivity index (χ3v) is 6.44. The van der Waals surface area contributed by atoms with Crippen LogP contribution in [0.1, 0.15) is 64.7 Å². The average Bonchev–Trinajstić information content (AvgIpc) is 3.20. The lowest BCUT2D eigenvalue weighted by Gasteiger charge is -2.38. The molecule has 3 unspecified atom stereocenters. The highest BCUT2D eigenvalue weighted by atomic mass is 16.2. The van der Waals surface area contributed by atoms with Crippen molar-refractivity contribution in [2.75, 3.05) is 13.1 Å². The number of fused-ring (bicyclic) bond motifs is 1. The zero-order chi connectivity index (χ0) is 14.4. The zero-order valence-electron chi connectivity index (χ0n) is 13.3. The van der Waals surface area contributed by atoms with Crippen molar-refractivity contribution in [3.63, 3.8) is 0 Å². The molecule has 1 spiro atoms. The summed E-state index contributed by atoms with van der Waals surface area (Å²) in [6.45, 7) is 4.67. The van der Waals surface area contributed by atoms with E-state index in [1.54, 1.807) is 0 Å². The number of nitrogens with one attached hydrogen (secondary N) is 1. The highest BCUT2D eigenvalue weighted by Crippen LogP contribution is 2.41. The molecule has 0 aromatic heterocycles. The Hall–Kier alpha value is -0.610. The van der Waals surface area contributed by atoms with E-state index >= 15 is 0 Å². The fourth-order valence-electron chi connectivity index (χ4n) is 5.40. The standard InChI is InChI=1S/C17H29N3O/c1-2-15-18-17(9-4-5-10-17)16(21)20(15)14-8-12-19-11-6-3-7-13(14)19/h13-15,18H,2-12H2,1H3. The second kappa shape index (κ2) is 5.24. The highest BCUT2D eigenvalue weighted by molar-refractivity contribution is 5.89. The van der Waals surface area contributed by atoms with Crippen molar-refractivity contribution in [1.82, 2.24) is 15.1 Å². The highest BCUT2D eigenvalue weighted by Gasteiger charge is 2.55. The first-order chi connectivity index (χ1) is 10.2. The molecule has 0 aromatic rings. The van der Waals surface area contributed by atoms with Gasteiger partial charge >= 0.3 is 0 Å². The fourth-order valence-corrected chi connectivity index (χ4v) is 5.40. The second-order valence-corrected chi connectivity index (χ2v) is 7.53. The molecule has 0 bridgehead atoms. The number of hydrogen-bond acceptors (Lipinski definition) is 3. The number of hydrogen-bond donors (Lipinski definition) is 1. The zero-order valence-corrected chi connectivity index (χ0v) is 13.3. The summed E-state index contributed by atoms with van der Waals surface area (Å²) in [5, 5.41) is 3.75. The predicted molar refractivity (Wildman–Crippen MR) is 82.9 cm³/mol. The predicted octanol–water partition coefficient (Wildman–Crippen LogP) is 2.09. The van der Waals surface area contributed by atoms with Gasteiger partial charge in [0.05, 0.1) is 17.7 Å². The Balaban J connectivity index is 1.59. The van der Waals surface area contributed by atoms with Crippen molar-refractivity contribution >= 4 is 5.91 Å². The van der Waals surface area contributed by atoms with Crippen LogP contribution < -0.4 is 5.32 Å². The van der Waals surface area contributed by atoms with Crippen LogP contribution in [-0.4, -0.2) is 52.6 Å². The topological polar surface area (TPSA) is 35.6 Å². The van der Waals surface area contributed by atoms with Gasteiger partial charge in [-0.3, -0.25) is 15.0 Å². The SMILES string of the molecule is CCC1NC2(CCCC2)C(=O)N1C1CCN2CCCCC12. The van der Waals surface area contributed by atoms with E-state index in [4.69, 9.17) is 0 Å². The van der Waals surface area contributed by atoms with Gasteiger partial charge in [0, 0.05) is 12.6 Å². The summed E-state index contributed by atoms with van der Waals surface area (Å²) in [5.41, 5.74) is -0.192. The summed E-state index contributed by atoms with van der Waals surface area (Å²) in [7, 11) is 0. The van der Waals surface area contributed by atoms with E-state index in [0.29, 0.717) is 18.0 Å². The van der Waals surface area contributed by atoms with Gasteiger partial charge in [-0.25, -0.2) is 0 Å². The first kappa shape index (κ1) is 14.0. The Morgan fingerprint density at radius 1 is 1.10 bits per heavy atom. The smallest absolute Gasteiger partial charge is 0.244 e. The van der Waals surface area contributed by atoms with Gasteiger partial charge in [-0.05, 0) is 45.1 Å². The number of carbonyl (C=O) groups excluding carboxylic acids is 1. The molecule has 4 rings (SSSR count). The summed E-state index contributed by atoms with van der Waals surface area (Å²) in [6, 6.07) is 1.10. The van der Waals surface area contributed by atoms with Crippen LogP contribution in [-0.2, 0) is 4.79 Å². The molecule has 1 saturated carbocycles. The summed E-state index contributed by atoms with van der Waals surface area (Å²) < 4.78 is 0. The van der Waals surface area contributed by atoms with Gasteiger partial charge in [0.15, 0.2) is 0 Å². The van der Waals surface area contributed by atoms with Crippen LogP contribution in [0, 0.1) is 0 Å². The molecule has 0 radical (unpaired) electrons. The Bertz CT molecular complexity index is 418. The van der Waals surface area contributed by atoms with E-state index in [2.05, 4.69) is 22.0 Å². The van der Waals surface area contributed by atoms with Crippen molar-refractivity contribution in [3.05, 3.63) is 0 Å². The number of nitrogens with zero attached hydrogens (tertiary/aromatic N) is 2. The van der Waals surface area contributed by atoms with Gasteiger partial charge in [0.25, 0.3) is 0 Å². The normalized spacial score (nSPS) is 39.4. The van der Waals surface area contributed by atoms with E-state index in [0.717, 1.165) is 19.3 Å². The molecule has 3 aliphatic heterocycles. The minimum atomic E-state index is -0.192. The maximum absolute atomic E-state index is 13.2. The molecule has 3 saturated heterocycles. The van der Waals surface area contributed by atoms with Crippen LogP contribution in [0.3, 0.4) is 0 Å². The molecule has 1 N–H and O–H groups in total. The van der Waals surface area contributed by atoms with Gasteiger partial charge in [-0.2, -0.15) is 0 Å². The van der Waals surface area contributed by atoms with Gasteiger partial charge in [0.1, 0.15) is 0 Å². The lowest BCUT2D eigenvalue weighted by molar-refractivity contribution is -0.136. The maximum atomic E-state index is 13.2. The maximum Gasteiger partial charge on any atom is 0.244 e. The molecule has 0 aromatic carbocycles. The Morgan fingerprint density at radius 3 is 2.67 bits per heavy atom. The Labute approximate surface area is 128 Å². The Morgan fingerprint density at radius 2 is 1.90 bits per heavy atom. The van der Waals surface area contributed by atoms with Crippen molar-refractivity contribution in [2.24, 2.45) is 0 Å². The molecule has 118 valence electrons. The number of piperidine rings is 1. The molecule has 1 aliphatic carbocycles. The summed E-state index contributed by atoms with van der Waals surface area (Å²) in [4.78, 5) is 18.1. The fraction of sp³-hybridized carbons (Fsp3) is 0.941. The monoisotopic (exact) mass is 291 g/mol. The van der Waals surface area contributed by atoms with Crippen LogP contribution in [0.4, 0.5) is 0 Å². The number of amides is 1. The van der Waals surface area contributed by atoms with Crippen LogP contribution in [0.15, 0.2) is 0 Å². The molecule has 3 atom stereocenters. The molecule has 4 fully saturated rings. The van der Waals surface area contributed by atoms with E-state index in [9.17, 15) is 4.79 Å². The lowest BCUT2D eigenvalue weighted by atomic mass is 9.94. The average molecular weight is 291 g/mol. The summed E-state index contributed by atoms with van der Waals surface area (Å²) in [6.07, 6.45) is 11.0. The number of carbonyl (C=O) groups is 1. The first-order valence-electron chi connectivity index (χ1n) is 9.10.